The first-order valence-electron chi connectivity index (χ1n) is 8.66. The molecule has 0 radical (unpaired) electrons. The molecule has 5 nitrogen and oxygen atoms in total. The van der Waals surface area contributed by atoms with Gasteiger partial charge in [0, 0.05) is 5.56 Å². The van der Waals surface area contributed by atoms with Crippen LogP contribution in [-0.4, -0.2) is 30.9 Å². The molecule has 2 rings (SSSR count). The average molecular weight is 361 g/mol. The van der Waals surface area contributed by atoms with E-state index in [9.17, 15) is 8.42 Å². The average Bonchev–Trinajstić information content (AvgIpc) is 2.56. The minimum absolute atomic E-state index is 0.132. The van der Waals surface area contributed by atoms with Crippen LogP contribution in [0.15, 0.2) is 30.3 Å². The summed E-state index contributed by atoms with van der Waals surface area (Å²) in [6.07, 6.45) is 2.96. The van der Waals surface area contributed by atoms with Gasteiger partial charge < -0.3 is 9.47 Å². The lowest BCUT2D eigenvalue weighted by atomic mass is 10.1. The van der Waals surface area contributed by atoms with Gasteiger partial charge in [0.25, 0.3) is 10.1 Å². The molecule has 0 aromatic heterocycles. The van der Waals surface area contributed by atoms with E-state index in [-0.39, 0.29) is 18.1 Å². The quantitative estimate of drug-likeness (QED) is 0.794. The third kappa shape index (κ3) is 10.0. The van der Waals surface area contributed by atoms with Crippen LogP contribution in [0.3, 0.4) is 0 Å². The van der Waals surface area contributed by atoms with E-state index in [0.29, 0.717) is 12.5 Å². The van der Waals surface area contributed by atoms with Crippen molar-refractivity contribution in [1.82, 2.24) is 0 Å². The molecule has 1 saturated heterocycles. The molecule has 1 aromatic carbocycles. The Kier molecular flexibility index (Phi) is 11.9. The van der Waals surface area contributed by atoms with E-state index in [1.165, 1.54) is 0 Å². The number of hydrogen-bond acceptors (Lipinski definition) is 4. The summed E-state index contributed by atoms with van der Waals surface area (Å²) in [7, 11) is -3.67. The molecule has 1 N–H and O–H groups in total. The predicted molar refractivity (Wildman–Crippen MR) is 97.6 cm³/mol. The van der Waals surface area contributed by atoms with E-state index in [0.717, 1.165) is 18.4 Å². The molecular formula is C18H32O5S. The molecule has 0 bridgehead atoms. The minimum Gasteiger partial charge on any atom is -0.345 e. The Balaban J connectivity index is 0.000000501. The van der Waals surface area contributed by atoms with Crippen molar-refractivity contribution < 1.29 is 22.4 Å². The van der Waals surface area contributed by atoms with Crippen LogP contribution in [0, 0.1) is 0 Å². The SMILES string of the molecule is CC.CCC1CC(C)OC(c2ccccc2)O1.CCCS(=O)(=O)O. The fraction of sp³-hybridized carbons (Fsp3) is 0.667. The van der Waals surface area contributed by atoms with E-state index in [1.807, 2.05) is 32.0 Å². The third-order valence-electron chi connectivity index (χ3n) is 3.26. The zero-order valence-corrected chi connectivity index (χ0v) is 16.3. The highest BCUT2D eigenvalue weighted by Gasteiger charge is 2.27. The number of ether oxygens (including phenoxy) is 2. The largest absolute Gasteiger partial charge is 0.345 e. The smallest absolute Gasteiger partial charge is 0.264 e. The van der Waals surface area contributed by atoms with Gasteiger partial charge in [-0.2, -0.15) is 8.42 Å². The lowest BCUT2D eigenvalue weighted by Gasteiger charge is -2.34. The fourth-order valence-corrected chi connectivity index (χ4v) is 2.70. The van der Waals surface area contributed by atoms with Gasteiger partial charge in [-0.05, 0) is 26.2 Å². The van der Waals surface area contributed by atoms with Crippen LogP contribution < -0.4 is 0 Å². The maximum absolute atomic E-state index is 9.79. The standard InChI is InChI=1S/C13H18O2.C3H8O3S.C2H6/c1-3-12-9-10(2)14-13(15-12)11-7-5-4-6-8-11;1-2-3-7(4,5)6;1-2/h4-8,10,12-13H,3,9H2,1-2H3;2-3H2,1H3,(H,4,5,6);1-2H3. The van der Waals surface area contributed by atoms with Crippen LogP contribution >= 0.6 is 0 Å². The summed E-state index contributed by atoms with van der Waals surface area (Å²) < 4.78 is 39.2. The minimum atomic E-state index is -3.67. The summed E-state index contributed by atoms with van der Waals surface area (Å²) in [5.74, 6) is -0.132. The molecule has 0 spiro atoms. The van der Waals surface area contributed by atoms with Crippen LogP contribution in [0.4, 0.5) is 0 Å². The summed E-state index contributed by atoms with van der Waals surface area (Å²) in [4.78, 5) is 0. The van der Waals surface area contributed by atoms with Gasteiger partial charge in [0.1, 0.15) is 0 Å². The summed E-state index contributed by atoms with van der Waals surface area (Å²) in [5, 5.41) is 0. The summed E-state index contributed by atoms with van der Waals surface area (Å²) >= 11 is 0. The van der Waals surface area contributed by atoms with Gasteiger partial charge in [0.2, 0.25) is 0 Å². The molecule has 1 aromatic rings. The number of hydrogen-bond donors (Lipinski definition) is 1. The Morgan fingerprint density at radius 1 is 1.12 bits per heavy atom. The van der Waals surface area contributed by atoms with Gasteiger partial charge in [-0.1, -0.05) is 58.0 Å². The molecule has 3 atom stereocenters. The first-order valence-corrected chi connectivity index (χ1v) is 10.3. The highest BCUT2D eigenvalue weighted by molar-refractivity contribution is 7.85. The molecule has 1 aliphatic rings. The number of rotatable bonds is 4. The van der Waals surface area contributed by atoms with E-state index in [2.05, 4.69) is 26.0 Å². The Morgan fingerprint density at radius 3 is 2.12 bits per heavy atom. The van der Waals surface area contributed by atoms with Gasteiger partial charge in [-0.15, -0.1) is 0 Å². The molecule has 24 heavy (non-hydrogen) atoms. The molecule has 1 heterocycles. The van der Waals surface area contributed by atoms with Crippen molar-refractivity contribution in [2.45, 2.75) is 72.4 Å². The number of benzene rings is 1. The van der Waals surface area contributed by atoms with Crippen molar-refractivity contribution in [1.29, 1.82) is 0 Å². The van der Waals surface area contributed by atoms with Crippen LogP contribution in [-0.2, 0) is 19.6 Å². The molecule has 0 saturated carbocycles. The van der Waals surface area contributed by atoms with Crippen molar-refractivity contribution in [3.05, 3.63) is 35.9 Å². The molecular weight excluding hydrogens is 328 g/mol. The van der Waals surface area contributed by atoms with Gasteiger partial charge in [-0.3, -0.25) is 4.55 Å². The Morgan fingerprint density at radius 2 is 1.71 bits per heavy atom. The molecule has 0 aliphatic carbocycles. The van der Waals surface area contributed by atoms with Crippen molar-refractivity contribution >= 4 is 10.1 Å². The zero-order chi connectivity index (χ0) is 18.6. The van der Waals surface area contributed by atoms with E-state index in [1.54, 1.807) is 6.92 Å². The Labute approximate surface area is 147 Å². The van der Waals surface area contributed by atoms with Crippen LogP contribution in [0.2, 0.25) is 0 Å². The topological polar surface area (TPSA) is 72.8 Å². The second kappa shape index (κ2) is 12.4. The summed E-state index contributed by atoms with van der Waals surface area (Å²) in [5.41, 5.74) is 1.11. The maximum atomic E-state index is 9.79. The van der Waals surface area contributed by atoms with Crippen LogP contribution in [0.5, 0.6) is 0 Å². The summed E-state index contributed by atoms with van der Waals surface area (Å²) in [6.45, 7) is 9.96. The monoisotopic (exact) mass is 360 g/mol. The second-order valence-electron chi connectivity index (χ2n) is 5.38. The van der Waals surface area contributed by atoms with Gasteiger partial charge in [0.15, 0.2) is 6.29 Å². The van der Waals surface area contributed by atoms with Crippen LogP contribution in [0.25, 0.3) is 0 Å². The van der Waals surface area contributed by atoms with E-state index >= 15 is 0 Å². The molecule has 1 fully saturated rings. The predicted octanol–water partition coefficient (Wildman–Crippen LogP) is 4.60. The lowest BCUT2D eigenvalue weighted by molar-refractivity contribution is -0.243. The Bertz CT molecular complexity index is 515. The van der Waals surface area contributed by atoms with Gasteiger partial charge in [-0.25, -0.2) is 0 Å². The molecule has 6 heteroatoms. The third-order valence-corrected chi connectivity index (χ3v) is 4.18. The van der Waals surface area contributed by atoms with E-state index < -0.39 is 10.1 Å². The molecule has 0 amide bonds. The first-order chi connectivity index (χ1) is 11.4. The van der Waals surface area contributed by atoms with Crippen molar-refractivity contribution in [2.24, 2.45) is 0 Å². The van der Waals surface area contributed by atoms with Crippen LogP contribution in [0.1, 0.15) is 65.7 Å². The van der Waals surface area contributed by atoms with Crippen molar-refractivity contribution in [3.8, 4) is 0 Å². The molecule has 1 aliphatic heterocycles. The summed E-state index contributed by atoms with van der Waals surface area (Å²) in [6, 6.07) is 10.1. The lowest BCUT2D eigenvalue weighted by Crippen LogP contribution is -2.31. The molecule has 3 unspecified atom stereocenters. The van der Waals surface area contributed by atoms with E-state index in [4.69, 9.17) is 14.0 Å². The second-order valence-corrected chi connectivity index (χ2v) is 6.95. The highest BCUT2D eigenvalue weighted by atomic mass is 32.2. The van der Waals surface area contributed by atoms with Crippen molar-refractivity contribution in [2.75, 3.05) is 5.75 Å². The maximum Gasteiger partial charge on any atom is 0.264 e. The highest BCUT2D eigenvalue weighted by Crippen LogP contribution is 2.30. The Hall–Kier alpha value is -0.950. The first kappa shape index (κ1) is 23.1. The molecule has 140 valence electrons. The normalized spacial score (nSPS) is 23.3. The van der Waals surface area contributed by atoms with Gasteiger partial charge >= 0.3 is 0 Å². The van der Waals surface area contributed by atoms with Gasteiger partial charge in [0.05, 0.1) is 18.0 Å². The van der Waals surface area contributed by atoms with Crippen molar-refractivity contribution in [3.63, 3.8) is 0 Å². The fourth-order valence-electron chi connectivity index (χ4n) is 2.19. The zero-order valence-electron chi connectivity index (χ0n) is 15.4.